The number of hydrogen-bond donors (Lipinski definition) is 2. The maximum absolute atomic E-state index is 6.08. The van der Waals surface area contributed by atoms with E-state index in [0.717, 1.165) is 22.5 Å². The van der Waals surface area contributed by atoms with Crippen LogP contribution in [-0.4, -0.2) is 12.4 Å². The molecule has 0 amide bonds. The van der Waals surface area contributed by atoms with Gasteiger partial charge in [0.05, 0.1) is 33.8 Å². The summed E-state index contributed by atoms with van der Waals surface area (Å²) in [5, 5.41) is 9.68. The molecule has 0 aromatic heterocycles. The third-order valence-corrected chi connectivity index (χ3v) is 4.11. The summed E-state index contributed by atoms with van der Waals surface area (Å²) in [7, 11) is 0. The van der Waals surface area contributed by atoms with Gasteiger partial charge in [0, 0.05) is 0 Å². The molecule has 0 aliphatic heterocycles. The molecule has 0 heterocycles. The molecule has 0 radical (unpaired) electrons. The molecular formula is C20H16Cl2N4. The molecule has 0 aliphatic rings. The van der Waals surface area contributed by atoms with Crippen LogP contribution in [0.1, 0.15) is 11.1 Å². The van der Waals surface area contributed by atoms with Crippen molar-refractivity contribution in [2.45, 2.75) is 0 Å². The molecule has 3 aromatic rings. The highest BCUT2D eigenvalue weighted by Crippen LogP contribution is 2.21. The Kier molecular flexibility index (Phi) is 6.25. The molecule has 130 valence electrons. The van der Waals surface area contributed by atoms with E-state index >= 15 is 0 Å². The van der Waals surface area contributed by atoms with Crippen LogP contribution in [0.4, 0.5) is 11.4 Å². The number of hydrogen-bond acceptors (Lipinski definition) is 4. The van der Waals surface area contributed by atoms with Crippen molar-refractivity contribution < 1.29 is 0 Å². The Labute approximate surface area is 162 Å². The van der Waals surface area contributed by atoms with Gasteiger partial charge in [-0.3, -0.25) is 10.9 Å². The maximum atomic E-state index is 6.08. The lowest BCUT2D eigenvalue weighted by Crippen LogP contribution is -1.94. The number of rotatable bonds is 6. The second kappa shape index (κ2) is 9.04. The van der Waals surface area contributed by atoms with E-state index < -0.39 is 0 Å². The van der Waals surface area contributed by atoms with E-state index in [9.17, 15) is 0 Å². The molecule has 0 aliphatic carbocycles. The van der Waals surface area contributed by atoms with Crippen LogP contribution >= 0.6 is 23.2 Å². The molecule has 2 N–H and O–H groups in total. The minimum Gasteiger partial charge on any atom is -0.277 e. The molecule has 3 aromatic carbocycles. The van der Waals surface area contributed by atoms with E-state index in [4.69, 9.17) is 23.2 Å². The molecule has 0 bridgehead atoms. The summed E-state index contributed by atoms with van der Waals surface area (Å²) in [5.74, 6) is 0. The molecule has 3 rings (SSSR count). The van der Waals surface area contributed by atoms with Crippen LogP contribution < -0.4 is 10.9 Å². The SMILES string of the molecule is Clc1ccccc1NN=Cc1cccc(C=NNc2ccccc2Cl)c1. The first kappa shape index (κ1) is 18.0. The van der Waals surface area contributed by atoms with Crippen molar-refractivity contribution in [2.24, 2.45) is 10.2 Å². The first-order valence-corrected chi connectivity index (χ1v) is 8.65. The first-order chi connectivity index (χ1) is 12.7. The van der Waals surface area contributed by atoms with E-state index in [-0.39, 0.29) is 0 Å². The van der Waals surface area contributed by atoms with Crippen LogP contribution in [0.25, 0.3) is 0 Å². The van der Waals surface area contributed by atoms with Gasteiger partial charge in [-0.25, -0.2) is 0 Å². The molecule has 0 unspecified atom stereocenters. The summed E-state index contributed by atoms with van der Waals surface area (Å²) in [6.45, 7) is 0. The summed E-state index contributed by atoms with van der Waals surface area (Å²) in [4.78, 5) is 0. The second-order valence-corrected chi connectivity index (χ2v) is 6.18. The molecular weight excluding hydrogens is 367 g/mol. The van der Waals surface area contributed by atoms with Gasteiger partial charge in [0.25, 0.3) is 0 Å². The van der Waals surface area contributed by atoms with Crippen molar-refractivity contribution in [1.29, 1.82) is 0 Å². The Hall–Kier alpha value is -2.82. The minimum absolute atomic E-state index is 0.621. The topological polar surface area (TPSA) is 48.8 Å². The molecule has 6 heteroatoms. The largest absolute Gasteiger partial charge is 0.277 e. The van der Waals surface area contributed by atoms with Crippen LogP contribution in [0.5, 0.6) is 0 Å². The molecule has 26 heavy (non-hydrogen) atoms. The van der Waals surface area contributed by atoms with Gasteiger partial charge in [0.15, 0.2) is 0 Å². The quantitative estimate of drug-likeness (QED) is 0.412. The zero-order valence-electron chi connectivity index (χ0n) is 13.7. The van der Waals surface area contributed by atoms with Crippen molar-refractivity contribution in [3.8, 4) is 0 Å². The van der Waals surface area contributed by atoms with Crippen LogP contribution in [0, 0.1) is 0 Å². The zero-order chi connectivity index (χ0) is 18.2. The third kappa shape index (κ3) is 5.09. The lowest BCUT2D eigenvalue weighted by atomic mass is 10.1. The number of para-hydroxylation sites is 2. The van der Waals surface area contributed by atoms with Crippen LogP contribution in [0.15, 0.2) is 83.0 Å². The van der Waals surface area contributed by atoms with Gasteiger partial charge in [-0.15, -0.1) is 0 Å². The van der Waals surface area contributed by atoms with Crippen molar-refractivity contribution in [1.82, 2.24) is 0 Å². The van der Waals surface area contributed by atoms with Crippen LogP contribution in [-0.2, 0) is 0 Å². The van der Waals surface area contributed by atoms with Crippen molar-refractivity contribution in [3.05, 3.63) is 94.0 Å². The number of halogens is 2. The second-order valence-electron chi connectivity index (χ2n) is 5.37. The molecule has 0 saturated carbocycles. The van der Waals surface area contributed by atoms with Gasteiger partial charge in [-0.2, -0.15) is 10.2 Å². The predicted molar refractivity (Wildman–Crippen MR) is 112 cm³/mol. The lowest BCUT2D eigenvalue weighted by molar-refractivity contribution is 1.34. The van der Waals surface area contributed by atoms with Crippen LogP contribution in [0.3, 0.4) is 0 Å². The number of benzene rings is 3. The monoisotopic (exact) mass is 382 g/mol. The molecule has 0 saturated heterocycles. The molecule has 0 fully saturated rings. The highest BCUT2D eigenvalue weighted by molar-refractivity contribution is 6.33. The maximum Gasteiger partial charge on any atom is 0.0748 e. The molecule has 0 spiro atoms. The van der Waals surface area contributed by atoms with E-state index in [1.165, 1.54) is 0 Å². The summed E-state index contributed by atoms with van der Waals surface area (Å²) >= 11 is 12.2. The van der Waals surface area contributed by atoms with Gasteiger partial charge in [-0.05, 0) is 41.5 Å². The number of hydrazone groups is 2. The van der Waals surface area contributed by atoms with E-state index in [2.05, 4.69) is 21.1 Å². The summed E-state index contributed by atoms with van der Waals surface area (Å²) < 4.78 is 0. The first-order valence-electron chi connectivity index (χ1n) is 7.89. The van der Waals surface area contributed by atoms with Gasteiger partial charge in [-0.1, -0.05) is 65.7 Å². The summed E-state index contributed by atoms with van der Waals surface area (Å²) in [6.07, 6.45) is 3.45. The van der Waals surface area contributed by atoms with Crippen molar-refractivity contribution in [3.63, 3.8) is 0 Å². The normalized spacial score (nSPS) is 11.2. The van der Waals surface area contributed by atoms with E-state index in [0.29, 0.717) is 10.0 Å². The summed E-state index contributed by atoms with van der Waals surface area (Å²) in [5.41, 5.74) is 9.24. The van der Waals surface area contributed by atoms with Gasteiger partial charge in [0.1, 0.15) is 0 Å². The van der Waals surface area contributed by atoms with Crippen LogP contribution in [0.2, 0.25) is 10.0 Å². The Morgan fingerprint density at radius 2 is 1.08 bits per heavy atom. The Morgan fingerprint density at radius 1 is 0.615 bits per heavy atom. The molecule has 4 nitrogen and oxygen atoms in total. The Bertz CT molecular complexity index is 866. The fourth-order valence-corrected chi connectivity index (χ4v) is 2.53. The average Bonchev–Trinajstić information content (AvgIpc) is 2.65. The van der Waals surface area contributed by atoms with E-state index in [1.54, 1.807) is 12.4 Å². The van der Waals surface area contributed by atoms with Gasteiger partial charge in [0.2, 0.25) is 0 Å². The van der Waals surface area contributed by atoms with Crippen molar-refractivity contribution in [2.75, 3.05) is 10.9 Å². The third-order valence-electron chi connectivity index (χ3n) is 3.46. The number of nitrogens with one attached hydrogen (secondary N) is 2. The Balaban J connectivity index is 1.63. The Morgan fingerprint density at radius 3 is 1.54 bits per heavy atom. The number of anilines is 2. The predicted octanol–water partition coefficient (Wildman–Crippen LogP) is 5.89. The fourth-order valence-electron chi connectivity index (χ4n) is 2.18. The van der Waals surface area contributed by atoms with E-state index in [1.807, 2.05) is 72.8 Å². The average molecular weight is 383 g/mol. The highest BCUT2D eigenvalue weighted by atomic mass is 35.5. The lowest BCUT2D eigenvalue weighted by Gasteiger charge is -2.03. The fraction of sp³-hybridized carbons (Fsp3) is 0. The molecule has 0 atom stereocenters. The standard InChI is InChI=1S/C20H16Cl2N4/c21-17-8-1-3-10-19(17)25-23-13-15-6-5-7-16(12-15)14-24-26-20-11-4-2-9-18(20)22/h1-14,25-26H. The van der Waals surface area contributed by atoms with Gasteiger partial charge >= 0.3 is 0 Å². The van der Waals surface area contributed by atoms with Crippen molar-refractivity contribution >= 4 is 47.0 Å². The minimum atomic E-state index is 0.621. The summed E-state index contributed by atoms with van der Waals surface area (Å²) in [6, 6.07) is 22.7. The van der Waals surface area contributed by atoms with Gasteiger partial charge < -0.3 is 0 Å². The smallest absolute Gasteiger partial charge is 0.0748 e. The highest BCUT2D eigenvalue weighted by Gasteiger charge is 1.97. The number of nitrogens with zero attached hydrogens (tertiary/aromatic N) is 2. The zero-order valence-corrected chi connectivity index (χ0v) is 15.2.